The molecule has 0 bridgehead atoms. The number of fused-ring (bicyclic) bond motifs is 1. The quantitative estimate of drug-likeness (QED) is 0.906. The zero-order valence-corrected chi connectivity index (χ0v) is 13.9. The van der Waals surface area contributed by atoms with E-state index in [4.69, 9.17) is 14.2 Å². The van der Waals surface area contributed by atoms with Gasteiger partial charge in [0, 0.05) is 6.54 Å². The van der Waals surface area contributed by atoms with Gasteiger partial charge in [-0.2, -0.15) is 0 Å². The van der Waals surface area contributed by atoms with Crippen LogP contribution in [0.5, 0.6) is 11.5 Å². The van der Waals surface area contributed by atoms with E-state index >= 15 is 0 Å². The molecule has 0 radical (unpaired) electrons. The van der Waals surface area contributed by atoms with E-state index in [1.807, 2.05) is 45.0 Å². The molecule has 0 aromatic heterocycles. The van der Waals surface area contributed by atoms with Gasteiger partial charge in [-0.3, -0.25) is 0 Å². The summed E-state index contributed by atoms with van der Waals surface area (Å²) in [5.74, 6) is 1.47. The Bertz CT molecular complexity index is 575. The first-order valence-corrected chi connectivity index (χ1v) is 8.02. The molecule has 126 valence electrons. The Labute approximate surface area is 136 Å². The Morgan fingerprint density at radius 3 is 2.83 bits per heavy atom. The highest BCUT2D eigenvalue weighted by molar-refractivity contribution is 5.74. The maximum absolute atomic E-state index is 12.4. The van der Waals surface area contributed by atoms with E-state index < -0.39 is 0 Å². The number of benzene rings is 1. The number of carbonyl (C=O) groups excluding carboxylic acids is 1. The highest BCUT2D eigenvalue weighted by atomic mass is 16.6. The third-order valence-corrected chi connectivity index (χ3v) is 3.91. The molecule has 0 saturated carbocycles. The van der Waals surface area contributed by atoms with Crippen molar-refractivity contribution in [3.8, 4) is 11.5 Å². The summed E-state index contributed by atoms with van der Waals surface area (Å²) in [6, 6.07) is 7.47. The average Bonchev–Trinajstić information content (AvgIpc) is 2.50. The third-order valence-electron chi connectivity index (χ3n) is 3.91. The van der Waals surface area contributed by atoms with Crippen LogP contribution in [0.1, 0.15) is 20.8 Å². The zero-order chi connectivity index (χ0) is 16.4. The van der Waals surface area contributed by atoms with Crippen molar-refractivity contribution in [3.05, 3.63) is 24.3 Å². The van der Waals surface area contributed by atoms with Gasteiger partial charge in [0.1, 0.15) is 6.61 Å². The molecule has 0 spiro atoms. The van der Waals surface area contributed by atoms with Crippen molar-refractivity contribution < 1.29 is 19.0 Å². The molecule has 1 fully saturated rings. The number of hydrogen-bond donors (Lipinski definition) is 1. The molecular weight excluding hydrogens is 296 g/mol. The predicted molar refractivity (Wildman–Crippen MR) is 86.0 cm³/mol. The number of ether oxygens (including phenoxy) is 3. The number of nitrogens with zero attached hydrogens (tertiary/aromatic N) is 1. The number of nitrogens with one attached hydrogen (secondary N) is 1. The minimum atomic E-state index is -0.321. The minimum Gasteiger partial charge on any atom is -0.486 e. The Kier molecular flexibility index (Phi) is 4.35. The Morgan fingerprint density at radius 1 is 1.35 bits per heavy atom. The standard InChI is InChI=1S/C17H24N2O4/c1-12-9-19(11-17(2,3)23-12)16(20)18-8-13-10-21-14-6-4-5-7-15(14)22-13/h4-7,12-13H,8-11H2,1-3H3,(H,18,20)/t12-,13-/m1/s1. The fourth-order valence-corrected chi connectivity index (χ4v) is 3.09. The lowest BCUT2D eigenvalue weighted by Crippen LogP contribution is -2.57. The van der Waals surface area contributed by atoms with Crippen molar-refractivity contribution in [2.45, 2.75) is 38.6 Å². The second-order valence-electron chi connectivity index (χ2n) is 6.75. The van der Waals surface area contributed by atoms with Gasteiger partial charge in [-0.05, 0) is 32.9 Å². The van der Waals surface area contributed by atoms with Gasteiger partial charge >= 0.3 is 6.03 Å². The van der Waals surface area contributed by atoms with Crippen molar-refractivity contribution in [1.29, 1.82) is 0 Å². The van der Waals surface area contributed by atoms with Gasteiger partial charge in [0.25, 0.3) is 0 Å². The highest BCUT2D eigenvalue weighted by Crippen LogP contribution is 2.30. The van der Waals surface area contributed by atoms with E-state index in [9.17, 15) is 4.79 Å². The second kappa shape index (κ2) is 6.28. The summed E-state index contributed by atoms with van der Waals surface area (Å²) in [4.78, 5) is 14.2. The van der Waals surface area contributed by atoms with Crippen LogP contribution in [0.15, 0.2) is 24.3 Å². The molecule has 1 N–H and O–H groups in total. The van der Waals surface area contributed by atoms with Gasteiger partial charge in [0.15, 0.2) is 17.6 Å². The van der Waals surface area contributed by atoms with Gasteiger partial charge < -0.3 is 24.4 Å². The molecule has 2 amide bonds. The van der Waals surface area contributed by atoms with Crippen molar-refractivity contribution in [1.82, 2.24) is 10.2 Å². The predicted octanol–water partition coefficient (Wildman–Crippen LogP) is 2.04. The maximum atomic E-state index is 12.4. The summed E-state index contributed by atoms with van der Waals surface area (Å²) in [5, 5.41) is 2.94. The van der Waals surface area contributed by atoms with E-state index in [0.717, 1.165) is 11.5 Å². The molecule has 6 heteroatoms. The van der Waals surface area contributed by atoms with Crippen LogP contribution in [0, 0.1) is 0 Å². The summed E-state index contributed by atoms with van der Waals surface area (Å²) in [5.41, 5.74) is -0.321. The molecule has 23 heavy (non-hydrogen) atoms. The van der Waals surface area contributed by atoms with E-state index in [1.165, 1.54) is 0 Å². The number of rotatable bonds is 2. The highest BCUT2D eigenvalue weighted by Gasteiger charge is 2.34. The van der Waals surface area contributed by atoms with Crippen molar-refractivity contribution in [2.24, 2.45) is 0 Å². The largest absolute Gasteiger partial charge is 0.486 e. The molecule has 3 rings (SSSR count). The molecular formula is C17H24N2O4. The van der Waals surface area contributed by atoms with Crippen molar-refractivity contribution in [3.63, 3.8) is 0 Å². The summed E-state index contributed by atoms with van der Waals surface area (Å²) < 4.78 is 17.3. The summed E-state index contributed by atoms with van der Waals surface area (Å²) in [7, 11) is 0. The van der Waals surface area contributed by atoms with Crippen LogP contribution >= 0.6 is 0 Å². The SMILES string of the molecule is C[C@@H]1CN(C(=O)NC[C@@H]2COc3ccccc3O2)CC(C)(C)O1. The molecule has 1 aromatic carbocycles. The fraction of sp³-hybridized carbons (Fsp3) is 0.588. The molecule has 2 aliphatic heterocycles. The molecule has 2 aliphatic rings. The summed E-state index contributed by atoms with van der Waals surface area (Å²) in [6.07, 6.45) is -0.147. The van der Waals surface area contributed by atoms with Gasteiger partial charge in [-0.25, -0.2) is 4.79 Å². The number of amides is 2. The summed E-state index contributed by atoms with van der Waals surface area (Å²) >= 11 is 0. The van der Waals surface area contributed by atoms with Crippen LogP contribution in [0.4, 0.5) is 4.79 Å². The van der Waals surface area contributed by atoms with E-state index in [1.54, 1.807) is 4.90 Å². The van der Waals surface area contributed by atoms with E-state index in [-0.39, 0.29) is 23.8 Å². The van der Waals surface area contributed by atoms with E-state index in [0.29, 0.717) is 26.2 Å². The monoisotopic (exact) mass is 320 g/mol. The number of carbonyl (C=O) groups is 1. The first-order valence-electron chi connectivity index (χ1n) is 8.02. The van der Waals surface area contributed by atoms with Crippen molar-refractivity contribution in [2.75, 3.05) is 26.2 Å². The number of hydrogen-bond acceptors (Lipinski definition) is 4. The van der Waals surface area contributed by atoms with Crippen LogP contribution in [0.25, 0.3) is 0 Å². The summed E-state index contributed by atoms with van der Waals surface area (Å²) in [6.45, 7) is 8.00. The van der Waals surface area contributed by atoms with E-state index in [2.05, 4.69) is 5.32 Å². The zero-order valence-electron chi connectivity index (χ0n) is 13.9. The number of para-hydroxylation sites is 2. The van der Waals surface area contributed by atoms with Gasteiger partial charge in [0.05, 0.1) is 24.8 Å². The maximum Gasteiger partial charge on any atom is 0.317 e. The molecule has 0 aliphatic carbocycles. The van der Waals surface area contributed by atoms with Gasteiger partial charge in [-0.1, -0.05) is 12.1 Å². The van der Waals surface area contributed by atoms with Crippen LogP contribution in [0.3, 0.4) is 0 Å². The fourth-order valence-electron chi connectivity index (χ4n) is 3.09. The smallest absolute Gasteiger partial charge is 0.317 e. The molecule has 1 saturated heterocycles. The van der Waals surface area contributed by atoms with Crippen LogP contribution in [0.2, 0.25) is 0 Å². The molecule has 0 unspecified atom stereocenters. The Balaban J connectivity index is 1.52. The van der Waals surface area contributed by atoms with Crippen LogP contribution in [-0.2, 0) is 4.74 Å². The molecule has 1 aromatic rings. The topological polar surface area (TPSA) is 60.0 Å². The Morgan fingerprint density at radius 2 is 2.09 bits per heavy atom. The Hall–Kier alpha value is -1.95. The van der Waals surface area contributed by atoms with Gasteiger partial charge in [0.2, 0.25) is 0 Å². The minimum absolute atomic E-state index is 0.0330. The number of morpholine rings is 1. The lowest BCUT2D eigenvalue weighted by Gasteiger charge is -2.41. The number of urea groups is 1. The molecule has 6 nitrogen and oxygen atoms in total. The van der Waals surface area contributed by atoms with Crippen molar-refractivity contribution >= 4 is 6.03 Å². The first kappa shape index (κ1) is 15.9. The van der Waals surface area contributed by atoms with Crippen LogP contribution in [-0.4, -0.2) is 55.0 Å². The lowest BCUT2D eigenvalue weighted by atomic mass is 10.1. The third kappa shape index (κ3) is 3.88. The molecule has 2 heterocycles. The van der Waals surface area contributed by atoms with Crippen LogP contribution < -0.4 is 14.8 Å². The first-order chi connectivity index (χ1) is 10.9. The van der Waals surface area contributed by atoms with Gasteiger partial charge in [-0.15, -0.1) is 0 Å². The average molecular weight is 320 g/mol. The normalized spacial score (nSPS) is 25.8. The second-order valence-corrected chi connectivity index (χ2v) is 6.75. The molecule has 2 atom stereocenters. The lowest BCUT2D eigenvalue weighted by molar-refractivity contribution is -0.117.